The van der Waals surface area contributed by atoms with Crippen LogP contribution in [-0.4, -0.2) is 52.0 Å². The van der Waals surface area contributed by atoms with Crippen LogP contribution >= 0.6 is 0 Å². The Balaban J connectivity index is 1.65. The highest BCUT2D eigenvalue weighted by molar-refractivity contribution is 5.62. The monoisotopic (exact) mass is 363 g/mol. The van der Waals surface area contributed by atoms with Gasteiger partial charge in [0.1, 0.15) is 0 Å². The predicted molar refractivity (Wildman–Crippen MR) is 105 cm³/mol. The molecule has 0 aliphatic carbocycles. The average Bonchev–Trinajstić information content (AvgIpc) is 3.14. The number of hydrogen-bond donors (Lipinski definition) is 1. The van der Waals surface area contributed by atoms with E-state index in [4.69, 9.17) is 15.6 Å². The number of nitrogens with zero attached hydrogens (tertiary/aromatic N) is 4. The molecule has 1 aliphatic rings. The molecule has 0 radical (unpaired) electrons. The lowest BCUT2D eigenvalue weighted by Gasteiger charge is -2.35. The Kier molecular flexibility index (Phi) is 5.29. The highest BCUT2D eigenvalue weighted by atomic mass is 16.5. The van der Waals surface area contributed by atoms with E-state index >= 15 is 0 Å². The van der Waals surface area contributed by atoms with E-state index in [2.05, 4.69) is 28.2 Å². The van der Waals surface area contributed by atoms with Gasteiger partial charge in [-0.1, -0.05) is 18.2 Å². The van der Waals surface area contributed by atoms with Crippen LogP contribution in [0, 0.1) is 0 Å². The Morgan fingerprint density at radius 1 is 1.15 bits per heavy atom. The molecule has 0 spiro atoms. The summed E-state index contributed by atoms with van der Waals surface area (Å²) in [6.07, 6.45) is 6.76. The Labute approximate surface area is 159 Å². The zero-order chi connectivity index (χ0) is 18.6. The summed E-state index contributed by atoms with van der Waals surface area (Å²) in [4.78, 5) is 6.53. The molecule has 2 atom stereocenters. The van der Waals surface area contributed by atoms with Crippen LogP contribution in [0.3, 0.4) is 0 Å². The third-order valence-electron chi connectivity index (χ3n) is 5.16. The van der Waals surface area contributed by atoms with Crippen molar-refractivity contribution in [2.24, 2.45) is 5.73 Å². The van der Waals surface area contributed by atoms with Crippen molar-refractivity contribution in [3.8, 4) is 16.9 Å². The first kappa shape index (κ1) is 17.9. The van der Waals surface area contributed by atoms with Crippen molar-refractivity contribution in [1.29, 1.82) is 0 Å². The molecule has 27 heavy (non-hydrogen) atoms. The molecule has 4 rings (SSSR count). The first-order valence-corrected chi connectivity index (χ1v) is 9.29. The highest BCUT2D eigenvalue weighted by Gasteiger charge is 2.27. The van der Waals surface area contributed by atoms with Crippen molar-refractivity contribution < 1.29 is 4.74 Å². The van der Waals surface area contributed by atoms with E-state index in [0.29, 0.717) is 0 Å². The Morgan fingerprint density at radius 3 is 2.67 bits per heavy atom. The fraction of sp³-hybridized carbons (Fsp3) is 0.333. The van der Waals surface area contributed by atoms with Crippen molar-refractivity contribution >= 4 is 0 Å². The summed E-state index contributed by atoms with van der Waals surface area (Å²) in [5, 5.41) is 4.88. The summed E-state index contributed by atoms with van der Waals surface area (Å²) in [5.41, 5.74) is 10.5. The van der Waals surface area contributed by atoms with Gasteiger partial charge in [0.05, 0.1) is 17.5 Å². The van der Waals surface area contributed by atoms with Crippen LogP contribution in [0.1, 0.15) is 12.0 Å². The van der Waals surface area contributed by atoms with E-state index < -0.39 is 0 Å². The topological polar surface area (TPSA) is 69.2 Å². The molecule has 0 amide bonds. The van der Waals surface area contributed by atoms with E-state index in [1.807, 2.05) is 47.4 Å². The van der Waals surface area contributed by atoms with Crippen LogP contribution in [0.15, 0.2) is 61.1 Å². The molecule has 6 heteroatoms. The van der Waals surface area contributed by atoms with Crippen molar-refractivity contribution in [3.63, 3.8) is 0 Å². The number of aromatic nitrogens is 3. The minimum atomic E-state index is 0.0762. The van der Waals surface area contributed by atoms with Gasteiger partial charge in [-0.15, -0.1) is 0 Å². The van der Waals surface area contributed by atoms with Crippen molar-refractivity contribution in [1.82, 2.24) is 19.7 Å². The van der Waals surface area contributed by atoms with E-state index in [9.17, 15) is 0 Å². The number of rotatable bonds is 5. The normalized spacial score (nSPS) is 20.7. The average molecular weight is 363 g/mol. The molecule has 2 aromatic heterocycles. The van der Waals surface area contributed by atoms with Gasteiger partial charge < -0.3 is 10.5 Å². The summed E-state index contributed by atoms with van der Waals surface area (Å²) in [5.74, 6) is 0. The molecule has 1 saturated heterocycles. The molecule has 1 fully saturated rings. The van der Waals surface area contributed by atoms with Crippen molar-refractivity contribution in [3.05, 3.63) is 66.6 Å². The fourth-order valence-electron chi connectivity index (χ4n) is 3.62. The van der Waals surface area contributed by atoms with Crippen LogP contribution in [0.4, 0.5) is 0 Å². The molecule has 3 heterocycles. The lowest BCUT2D eigenvalue weighted by atomic mass is 10.0. The zero-order valence-electron chi connectivity index (χ0n) is 15.5. The SMILES string of the molecule is CO[C@H]1CN(Cc2cn(-c3ccccc3)nc2-c2ccncc2)CC[C@H]1N. The maximum absolute atomic E-state index is 6.17. The van der Waals surface area contributed by atoms with Crippen LogP contribution in [0.25, 0.3) is 16.9 Å². The maximum Gasteiger partial charge on any atom is 0.0973 e. The number of likely N-dealkylation sites (tertiary alicyclic amines) is 1. The minimum Gasteiger partial charge on any atom is -0.379 e. The Morgan fingerprint density at radius 2 is 1.93 bits per heavy atom. The maximum atomic E-state index is 6.17. The van der Waals surface area contributed by atoms with E-state index in [1.54, 1.807) is 7.11 Å². The molecule has 1 aromatic carbocycles. The molecule has 3 aromatic rings. The second-order valence-electron chi connectivity index (χ2n) is 6.98. The molecule has 1 aliphatic heterocycles. The molecule has 0 unspecified atom stereocenters. The molecular formula is C21H25N5O. The number of ether oxygens (including phenoxy) is 1. The van der Waals surface area contributed by atoms with Gasteiger partial charge in [0, 0.05) is 62.5 Å². The number of piperidine rings is 1. The first-order valence-electron chi connectivity index (χ1n) is 9.29. The van der Waals surface area contributed by atoms with E-state index in [1.165, 1.54) is 5.56 Å². The van der Waals surface area contributed by atoms with E-state index in [0.717, 1.165) is 43.0 Å². The number of hydrogen-bond acceptors (Lipinski definition) is 5. The summed E-state index contributed by atoms with van der Waals surface area (Å²) in [7, 11) is 1.74. The molecule has 140 valence electrons. The fourth-order valence-corrected chi connectivity index (χ4v) is 3.62. The lowest BCUT2D eigenvalue weighted by molar-refractivity contribution is 0.0141. The second kappa shape index (κ2) is 8.00. The van der Waals surface area contributed by atoms with Crippen LogP contribution in [0.5, 0.6) is 0 Å². The van der Waals surface area contributed by atoms with Gasteiger partial charge in [-0.25, -0.2) is 4.68 Å². The number of para-hydroxylation sites is 1. The molecule has 0 saturated carbocycles. The van der Waals surface area contributed by atoms with Gasteiger partial charge >= 0.3 is 0 Å². The minimum absolute atomic E-state index is 0.0762. The summed E-state index contributed by atoms with van der Waals surface area (Å²) in [6.45, 7) is 2.62. The summed E-state index contributed by atoms with van der Waals surface area (Å²) < 4.78 is 7.52. The number of benzene rings is 1. The number of pyridine rings is 1. The van der Waals surface area contributed by atoms with Crippen LogP contribution in [-0.2, 0) is 11.3 Å². The zero-order valence-corrected chi connectivity index (χ0v) is 15.5. The molecule has 2 N–H and O–H groups in total. The second-order valence-corrected chi connectivity index (χ2v) is 6.98. The van der Waals surface area contributed by atoms with Gasteiger partial charge in [-0.2, -0.15) is 5.10 Å². The standard InChI is InChI=1S/C21H25N5O/c1-27-20-15-25(12-9-19(20)22)13-17-14-26(18-5-3-2-4-6-18)24-21(17)16-7-10-23-11-8-16/h2-8,10-11,14,19-20H,9,12-13,15,22H2,1H3/t19-,20+/m1/s1. The quantitative estimate of drug-likeness (QED) is 0.754. The third kappa shape index (κ3) is 3.93. The smallest absolute Gasteiger partial charge is 0.0973 e. The molecule has 6 nitrogen and oxygen atoms in total. The molecule has 0 bridgehead atoms. The van der Waals surface area contributed by atoms with Gasteiger partial charge in [-0.3, -0.25) is 9.88 Å². The molecular weight excluding hydrogens is 338 g/mol. The van der Waals surface area contributed by atoms with Gasteiger partial charge in [0.2, 0.25) is 0 Å². The van der Waals surface area contributed by atoms with Crippen molar-refractivity contribution in [2.75, 3.05) is 20.2 Å². The largest absolute Gasteiger partial charge is 0.379 e. The van der Waals surface area contributed by atoms with Crippen LogP contribution < -0.4 is 5.73 Å². The Hall–Kier alpha value is -2.54. The first-order chi connectivity index (χ1) is 13.2. The van der Waals surface area contributed by atoms with Crippen LogP contribution in [0.2, 0.25) is 0 Å². The number of methoxy groups -OCH3 is 1. The summed E-state index contributed by atoms with van der Waals surface area (Å²) >= 11 is 0. The van der Waals surface area contributed by atoms with E-state index in [-0.39, 0.29) is 12.1 Å². The Bertz CT molecular complexity index is 865. The third-order valence-corrected chi connectivity index (χ3v) is 5.16. The number of nitrogens with two attached hydrogens (primary N) is 1. The summed E-state index contributed by atoms with van der Waals surface area (Å²) in [6, 6.07) is 14.3. The van der Waals surface area contributed by atoms with Gasteiger partial charge in [0.15, 0.2) is 0 Å². The lowest BCUT2D eigenvalue weighted by Crippen LogP contribution is -2.51. The van der Waals surface area contributed by atoms with Gasteiger partial charge in [0.25, 0.3) is 0 Å². The highest BCUT2D eigenvalue weighted by Crippen LogP contribution is 2.25. The van der Waals surface area contributed by atoms with Gasteiger partial charge in [-0.05, 0) is 30.7 Å². The van der Waals surface area contributed by atoms with Crippen molar-refractivity contribution in [2.45, 2.75) is 25.1 Å². The predicted octanol–water partition coefficient (Wildman–Crippen LogP) is 2.48.